The molecule has 2 aromatic carbocycles. The van der Waals surface area contributed by atoms with Crippen molar-refractivity contribution >= 4 is 33.0 Å². The van der Waals surface area contributed by atoms with Crippen molar-refractivity contribution in [3.05, 3.63) is 64.2 Å². The summed E-state index contributed by atoms with van der Waals surface area (Å²) >= 11 is 0. The highest BCUT2D eigenvalue weighted by molar-refractivity contribution is 7.92. The number of hydrogen-bond donors (Lipinski definition) is 1. The fourth-order valence-electron chi connectivity index (χ4n) is 2.66. The number of nitrogens with zero attached hydrogens (tertiary/aromatic N) is 3. The molecule has 0 saturated carbocycles. The highest BCUT2D eigenvalue weighted by Gasteiger charge is 2.29. The molecule has 0 fully saturated rings. The van der Waals surface area contributed by atoms with E-state index in [1.165, 1.54) is 50.4 Å². The summed E-state index contributed by atoms with van der Waals surface area (Å²) < 4.78 is 30.7. The molecule has 1 amide bonds. The van der Waals surface area contributed by atoms with Gasteiger partial charge in [-0.15, -0.1) is 0 Å². The second-order valence-electron chi connectivity index (χ2n) is 6.41. The quantitative estimate of drug-likeness (QED) is 0.385. The molecule has 0 radical (unpaired) electrons. The third kappa shape index (κ3) is 5.54. The summed E-state index contributed by atoms with van der Waals surface area (Å²) in [6.07, 6.45) is 1.01. The van der Waals surface area contributed by atoms with E-state index in [1.54, 1.807) is 19.1 Å². The van der Waals surface area contributed by atoms with E-state index in [-0.39, 0.29) is 5.69 Å². The Morgan fingerprint density at radius 2 is 1.73 bits per heavy atom. The van der Waals surface area contributed by atoms with Crippen LogP contribution in [-0.4, -0.2) is 44.4 Å². The topological polar surface area (TPSA) is 131 Å². The summed E-state index contributed by atoms with van der Waals surface area (Å²) in [5.74, 6) is -0.0925. The van der Waals surface area contributed by atoms with Gasteiger partial charge in [-0.1, -0.05) is 0 Å². The fourth-order valence-corrected chi connectivity index (χ4v) is 3.83. The Balaban J connectivity index is 2.20. The summed E-state index contributed by atoms with van der Waals surface area (Å²) in [5.41, 5.74) is 3.56. The first-order chi connectivity index (χ1) is 14.0. The number of amides is 1. The lowest BCUT2D eigenvalue weighted by Crippen LogP contribution is -2.46. The third-order valence-corrected chi connectivity index (χ3v) is 5.49. The summed E-state index contributed by atoms with van der Waals surface area (Å²) in [4.78, 5) is 22.8. The summed E-state index contributed by atoms with van der Waals surface area (Å²) in [6.45, 7) is 3.06. The zero-order valence-corrected chi connectivity index (χ0v) is 17.7. The molecular weight excluding hydrogens is 412 g/mol. The minimum atomic E-state index is -3.77. The minimum absolute atomic E-state index is 0.0625. The van der Waals surface area contributed by atoms with Crippen LogP contribution in [0.4, 0.5) is 11.4 Å². The predicted molar refractivity (Wildman–Crippen MR) is 113 cm³/mol. The van der Waals surface area contributed by atoms with Crippen molar-refractivity contribution in [2.75, 3.05) is 17.7 Å². The van der Waals surface area contributed by atoms with Crippen LogP contribution in [0.3, 0.4) is 0 Å². The van der Waals surface area contributed by atoms with Crippen molar-refractivity contribution in [2.24, 2.45) is 5.10 Å². The number of benzene rings is 2. The maximum absolute atomic E-state index is 12.6. The Labute approximate surface area is 174 Å². The third-order valence-electron chi connectivity index (χ3n) is 4.25. The number of non-ortho nitro benzene ring substituents is 1. The SMILES string of the molecule is COc1ccc(N([C@@H](C)C(=O)N/N=C(/C)c2ccc([N+](=O)[O-])cc2)S(C)(=O)=O)cc1. The number of carbonyl (C=O) groups is 1. The Bertz CT molecular complexity index is 1050. The number of hydrogen-bond acceptors (Lipinski definition) is 7. The summed E-state index contributed by atoms with van der Waals surface area (Å²) in [7, 11) is -2.28. The summed E-state index contributed by atoms with van der Waals surface area (Å²) in [6, 6.07) is 10.8. The Hall–Kier alpha value is -3.47. The second kappa shape index (κ2) is 9.35. The first kappa shape index (κ1) is 22.8. The molecule has 0 aliphatic heterocycles. The van der Waals surface area contributed by atoms with E-state index in [9.17, 15) is 23.3 Å². The van der Waals surface area contributed by atoms with Crippen LogP contribution in [-0.2, 0) is 14.8 Å². The number of rotatable bonds is 8. The number of carbonyl (C=O) groups excluding carboxylic acids is 1. The number of sulfonamides is 1. The number of ether oxygens (including phenoxy) is 1. The van der Waals surface area contributed by atoms with Crippen molar-refractivity contribution in [1.29, 1.82) is 0 Å². The second-order valence-corrected chi connectivity index (χ2v) is 8.27. The van der Waals surface area contributed by atoms with Crippen LogP contribution in [0.15, 0.2) is 53.6 Å². The Morgan fingerprint density at radius 3 is 2.20 bits per heavy atom. The number of methoxy groups -OCH3 is 1. The number of nitrogens with one attached hydrogen (secondary N) is 1. The number of hydrazone groups is 1. The zero-order valence-electron chi connectivity index (χ0n) is 16.9. The Kier molecular flexibility index (Phi) is 7.11. The van der Waals surface area contributed by atoms with E-state index >= 15 is 0 Å². The predicted octanol–water partition coefficient (Wildman–Crippen LogP) is 2.30. The van der Waals surface area contributed by atoms with Crippen LogP contribution in [0.2, 0.25) is 0 Å². The van der Waals surface area contributed by atoms with Gasteiger partial charge in [0.05, 0.1) is 29.7 Å². The van der Waals surface area contributed by atoms with Crippen molar-refractivity contribution < 1.29 is 22.9 Å². The van der Waals surface area contributed by atoms with Gasteiger partial charge in [0.15, 0.2) is 0 Å². The molecular formula is C19H22N4O6S. The molecule has 2 rings (SSSR count). The molecule has 0 aromatic heterocycles. The molecule has 30 heavy (non-hydrogen) atoms. The first-order valence-corrected chi connectivity index (χ1v) is 10.6. The molecule has 0 spiro atoms. The van der Waals surface area contributed by atoms with Crippen LogP contribution in [0.25, 0.3) is 0 Å². The number of nitro groups is 1. The lowest BCUT2D eigenvalue weighted by atomic mass is 10.1. The first-order valence-electron chi connectivity index (χ1n) is 8.77. The lowest BCUT2D eigenvalue weighted by Gasteiger charge is -2.27. The average Bonchev–Trinajstić information content (AvgIpc) is 2.71. The van der Waals surface area contributed by atoms with E-state index in [0.717, 1.165) is 10.6 Å². The fraction of sp³-hybridized carbons (Fsp3) is 0.263. The molecule has 1 atom stereocenters. The van der Waals surface area contributed by atoms with Crippen LogP contribution in [0.1, 0.15) is 19.4 Å². The molecule has 1 N–H and O–H groups in total. The zero-order chi connectivity index (χ0) is 22.5. The van der Waals surface area contributed by atoms with Crippen molar-refractivity contribution in [2.45, 2.75) is 19.9 Å². The van der Waals surface area contributed by atoms with E-state index in [0.29, 0.717) is 22.7 Å². The highest BCUT2D eigenvalue weighted by atomic mass is 32.2. The molecule has 10 nitrogen and oxygen atoms in total. The molecule has 0 aliphatic carbocycles. The van der Waals surface area contributed by atoms with Crippen LogP contribution in [0.5, 0.6) is 5.75 Å². The van der Waals surface area contributed by atoms with Gasteiger partial charge >= 0.3 is 0 Å². The van der Waals surface area contributed by atoms with Gasteiger partial charge in [-0.25, -0.2) is 13.8 Å². The van der Waals surface area contributed by atoms with Gasteiger partial charge in [0.2, 0.25) is 10.0 Å². The molecule has 0 unspecified atom stereocenters. The van der Waals surface area contributed by atoms with Gasteiger partial charge in [0, 0.05) is 12.1 Å². The van der Waals surface area contributed by atoms with Gasteiger partial charge in [0.25, 0.3) is 11.6 Å². The average molecular weight is 434 g/mol. The van der Waals surface area contributed by atoms with Crippen LogP contribution in [0, 0.1) is 10.1 Å². The maximum Gasteiger partial charge on any atom is 0.269 e. The van der Waals surface area contributed by atoms with Gasteiger partial charge in [-0.3, -0.25) is 19.2 Å². The highest BCUT2D eigenvalue weighted by Crippen LogP contribution is 2.23. The monoisotopic (exact) mass is 434 g/mol. The van der Waals surface area contributed by atoms with Gasteiger partial charge in [-0.2, -0.15) is 5.10 Å². The van der Waals surface area contributed by atoms with Crippen molar-refractivity contribution in [3.8, 4) is 5.75 Å². The molecule has 11 heteroatoms. The lowest BCUT2D eigenvalue weighted by molar-refractivity contribution is -0.384. The minimum Gasteiger partial charge on any atom is -0.497 e. The van der Waals surface area contributed by atoms with Crippen LogP contribution < -0.4 is 14.5 Å². The maximum atomic E-state index is 12.6. The van der Waals surface area contributed by atoms with E-state index in [1.807, 2.05) is 0 Å². The smallest absolute Gasteiger partial charge is 0.269 e. The largest absolute Gasteiger partial charge is 0.497 e. The Morgan fingerprint density at radius 1 is 1.17 bits per heavy atom. The molecule has 2 aromatic rings. The molecule has 0 saturated heterocycles. The standard InChI is InChI=1S/C19H22N4O6S/c1-13(15-5-7-17(8-6-15)23(25)26)20-21-19(24)14(2)22(30(4,27)28)16-9-11-18(29-3)12-10-16/h5-12,14H,1-4H3,(H,21,24)/b20-13-/t14-/m0/s1. The van der Waals surface area contributed by atoms with E-state index in [2.05, 4.69) is 10.5 Å². The normalized spacial score (nSPS) is 12.7. The van der Waals surface area contributed by atoms with Crippen LogP contribution >= 0.6 is 0 Å². The van der Waals surface area contributed by atoms with Gasteiger partial charge in [-0.05, 0) is 55.8 Å². The molecule has 0 bridgehead atoms. The van der Waals surface area contributed by atoms with Crippen molar-refractivity contribution in [3.63, 3.8) is 0 Å². The number of anilines is 1. The van der Waals surface area contributed by atoms with Gasteiger partial charge < -0.3 is 4.74 Å². The van der Waals surface area contributed by atoms with E-state index in [4.69, 9.17) is 4.74 Å². The van der Waals surface area contributed by atoms with E-state index < -0.39 is 26.9 Å². The number of nitro benzene ring substituents is 1. The van der Waals surface area contributed by atoms with Gasteiger partial charge in [0.1, 0.15) is 11.8 Å². The molecule has 160 valence electrons. The van der Waals surface area contributed by atoms with Crippen molar-refractivity contribution in [1.82, 2.24) is 5.43 Å². The summed E-state index contributed by atoms with van der Waals surface area (Å²) in [5, 5.41) is 14.7. The molecule has 0 heterocycles. The molecule has 0 aliphatic rings.